The van der Waals surface area contributed by atoms with Gasteiger partial charge in [-0.15, -0.1) is 0 Å². The number of benzene rings is 1. The fourth-order valence-corrected chi connectivity index (χ4v) is 1.11. The second-order valence-corrected chi connectivity index (χ2v) is 2.60. The lowest BCUT2D eigenvalue weighted by atomic mass is 10.1. The molecule has 0 aliphatic rings. The summed E-state index contributed by atoms with van der Waals surface area (Å²) in [6.45, 7) is 0.460. The molecule has 74 valence electrons. The molecular weight excluding hydrogens is 184 g/mol. The minimum atomic E-state index is 0.106. The summed E-state index contributed by atoms with van der Waals surface area (Å²) in [5.41, 5.74) is 1.19. The average Bonchev–Trinajstić information content (AvgIpc) is 2.25. The number of ether oxygens (including phenoxy) is 2. The van der Waals surface area contributed by atoms with Gasteiger partial charge in [-0.2, -0.15) is 0 Å². The summed E-state index contributed by atoms with van der Waals surface area (Å²) >= 11 is 0. The molecule has 0 saturated carbocycles. The van der Waals surface area contributed by atoms with E-state index in [9.17, 15) is 9.59 Å². The second kappa shape index (κ2) is 5.01. The highest BCUT2D eigenvalue weighted by Crippen LogP contribution is 2.19. The van der Waals surface area contributed by atoms with E-state index in [1.807, 2.05) is 0 Å². The van der Waals surface area contributed by atoms with Crippen molar-refractivity contribution in [3.8, 4) is 5.75 Å². The number of aldehydes is 1. The fourth-order valence-electron chi connectivity index (χ4n) is 1.11. The maximum Gasteiger partial charge on any atom is 0.293 e. The molecular formula is C10H10O4. The van der Waals surface area contributed by atoms with Gasteiger partial charge in [-0.25, -0.2) is 0 Å². The topological polar surface area (TPSA) is 52.6 Å². The highest BCUT2D eigenvalue weighted by Gasteiger charge is 2.04. The zero-order valence-corrected chi connectivity index (χ0v) is 7.73. The Kier molecular flexibility index (Phi) is 3.67. The van der Waals surface area contributed by atoms with E-state index in [0.717, 1.165) is 6.29 Å². The summed E-state index contributed by atoms with van der Waals surface area (Å²) in [7, 11) is 1.51. The van der Waals surface area contributed by atoms with Gasteiger partial charge in [0.1, 0.15) is 18.6 Å². The van der Waals surface area contributed by atoms with E-state index in [1.165, 1.54) is 7.11 Å². The molecule has 0 unspecified atom stereocenters. The van der Waals surface area contributed by atoms with Gasteiger partial charge in [0.05, 0.1) is 7.11 Å². The predicted molar refractivity (Wildman–Crippen MR) is 49.2 cm³/mol. The monoisotopic (exact) mass is 194 g/mol. The molecule has 4 nitrogen and oxygen atoms in total. The van der Waals surface area contributed by atoms with Crippen LogP contribution in [0.5, 0.6) is 5.75 Å². The van der Waals surface area contributed by atoms with Gasteiger partial charge in [-0.1, -0.05) is 0 Å². The van der Waals surface area contributed by atoms with E-state index in [1.54, 1.807) is 18.2 Å². The van der Waals surface area contributed by atoms with Crippen molar-refractivity contribution in [2.45, 2.75) is 6.61 Å². The smallest absolute Gasteiger partial charge is 0.293 e. The first-order valence-electron chi connectivity index (χ1n) is 3.99. The van der Waals surface area contributed by atoms with Crippen molar-refractivity contribution in [2.24, 2.45) is 0 Å². The Bertz CT molecular complexity index is 333. The van der Waals surface area contributed by atoms with Gasteiger partial charge in [-0.05, 0) is 18.2 Å². The van der Waals surface area contributed by atoms with Crippen LogP contribution in [0.1, 0.15) is 15.9 Å². The lowest BCUT2D eigenvalue weighted by Gasteiger charge is -2.07. The van der Waals surface area contributed by atoms with Crippen molar-refractivity contribution in [1.82, 2.24) is 0 Å². The van der Waals surface area contributed by atoms with Gasteiger partial charge in [0.2, 0.25) is 0 Å². The minimum absolute atomic E-state index is 0.106. The molecule has 0 bridgehead atoms. The van der Waals surface area contributed by atoms with E-state index in [4.69, 9.17) is 4.74 Å². The Labute approximate surface area is 81.4 Å². The number of hydrogen-bond acceptors (Lipinski definition) is 4. The average molecular weight is 194 g/mol. The Morgan fingerprint density at radius 1 is 1.36 bits per heavy atom. The van der Waals surface area contributed by atoms with E-state index < -0.39 is 0 Å². The van der Waals surface area contributed by atoms with Gasteiger partial charge in [0.15, 0.2) is 0 Å². The number of hydrogen-bond donors (Lipinski definition) is 0. The molecule has 1 rings (SSSR count). The van der Waals surface area contributed by atoms with Gasteiger partial charge < -0.3 is 9.47 Å². The van der Waals surface area contributed by atoms with Gasteiger partial charge in [-0.3, -0.25) is 9.59 Å². The van der Waals surface area contributed by atoms with Crippen LogP contribution in [-0.2, 0) is 16.1 Å². The third kappa shape index (κ3) is 2.32. The molecule has 1 aromatic rings. The number of carbonyl (C=O) groups excluding carboxylic acids is 2. The molecule has 0 heterocycles. The Balaban J connectivity index is 2.95. The van der Waals surface area contributed by atoms with Crippen LogP contribution in [0.4, 0.5) is 0 Å². The molecule has 0 aromatic heterocycles. The zero-order valence-electron chi connectivity index (χ0n) is 7.73. The number of carbonyl (C=O) groups is 2. The van der Waals surface area contributed by atoms with Crippen LogP contribution in [0.3, 0.4) is 0 Å². The Morgan fingerprint density at radius 3 is 2.71 bits per heavy atom. The molecule has 4 heteroatoms. The molecule has 0 N–H and O–H groups in total. The first-order valence-corrected chi connectivity index (χ1v) is 3.99. The van der Waals surface area contributed by atoms with E-state index in [0.29, 0.717) is 23.3 Å². The van der Waals surface area contributed by atoms with Crippen LogP contribution < -0.4 is 4.74 Å². The summed E-state index contributed by atoms with van der Waals surface area (Å²) in [5.74, 6) is 0.595. The maximum absolute atomic E-state index is 10.5. The molecule has 0 radical (unpaired) electrons. The van der Waals surface area contributed by atoms with Crippen LogP contribution in [0, 0.1) is 0 Å². The normalized spacial score (nSPS) is 9.21. The van der Waals surface area contributed by atoms with Gasteiger partial charge in [0, 0.05) is 11.1 Å². The van der Waals surface area contributed by atoms with Gasteiger partial charge in [0.25, 0.3) is 6.47 Å². The van der Waals surface area contributed by atoms with Crippen LogP contribution in [0.15, 0.2) is 18.2 Å². The molecule has 0 atom stereocenters. The van der Waals surface area contributed by atoms with Crippen LogP contribution in [-0.4, -0.2) is 19.9 Å². The summed E-state index contributed by atoms with van der Waals surface area (Å²) in [4.78, 5) is 20.5. The highest BCUT2D eigenvalue weighted by molar-refractivity contribution is 5.75. The molecule has 14 heavy (non-hydrogen) atoms. The molecule has 0 aliphatic carbocycles. The zero-order chi connectivity index (χ0) is 10.4. The standard InChI is InChI=1S/C10H10O4/c1-13-10-3-2-8(5-11)4-9(10)6-14-7-12/h2-5,7H,6H2,1H3. The van der Waals surface area contributed by atoms with Crippen molar-refractivity contribution in [2.75, 3.05) is 7.11 Å². The number of methoxy groups -OCH3 is 1. The summed E-state index contributed by atoms with van der Waals surface area (Å²) in [5, 5.41) is 0. The molecule has 0 amide bonds. The second-order valence-electron chi connectivity index (χ2n) is 2.60. The molecule has 0 aliphatic heterocycles. The van der Waals surface area contributed by atoms with Crippen molar-refractivity contribution >= 4 is 12.8 Å². The lowest BCUT2D eigenvalue weighted by Crippen LogP contribution is -1.96. The maximum atomic E-state index is 10.5. The third-order valence-electron chi connectivity index (χ3n) is 1.75. The number of rotatable bonds is 5. The third-order valence-corrected chi connectivity index (χ3v) is 1.75. The van der Waals surface area contributed by atoms with Gasteiger partial charge >= 0.3 is 0 Å². The summed E-state index contributed by atoms with van der Waals surface area (Å²) in [6.07, 6.45) is 0.726. The Morgan fingerprint density at radius 2 is 2.14 bits per heavy atom. The first kappa shape index (κ1) is 10.2. The summed E-state index contributed by atoms with van der Waals surface area (Å²) < 4.78 is 9.62. The largest absolute Gasteiger partial charge is 0.496 e. The molecule has 0 saturated heterocycles. The van der Waals surface area contributed by atoms with Crippen LogP contribution >= 0.6 is 0 Å². The Hall–Kier alpha value is -1.84. The van der Waals surface area contributed by atoms with Crippen molar-refractivity contribution < 1.29 is 19.1 Å². The minimum Gasteiger partial charge on any atom is -0.496 e. The molecule has 1 aromatic carbocycles. The predicted octanol–water partition coefficient (Wildman–Crippen LogP) is 1.18. The van der Waals surface area contributed by atoms with E-state index in [2.05, 4.69) is 4.74 Å². The van der Waals surface area contributed by atoms with Crippen molar-refractivity contribution in [1.29, 1.82) is 0 Å². The van der Waals surface area contributed by atoms with Crippen LogP contribution in [0.25, 0.3) is 0 Å². The highest BCUT2D eigenvalue weighted by atomic mass is 16.5. The van der Waals surface area contributed by atoms with E-state index in [-0.39, 0.29) is 6.61 Å². The quantitative estimate of drug-likeness (QED) is 0.660. The van der Waals surface area contributed by atoms with E-state index >= 15 is 0 Å². The van der Waals surface area contributed by atoms with Crippen molar-refractivity contribution in [3.05, 3.63) is 29.3 Å². The summed E-state index contributed by atoms with van der Waals surface area (Å²) in [6, 6.07) is 4.92. The molecule has 0 spiro atoms. The molecule has 0 fully saturated rings. The van der Waals surface area contributed by atoms with Crippen LogP contribution in [0.2, 0.25) is 0 Å². The van der Waals surface area contributed by atoms with Crippen molar-refractivity contribution in [3.63, 3.8) is 0 Å². The fraction of sp³-hybridized carbons (Fsp3) is 0.200. The SMILES string of the molecule is COc1ccc(C=O)cc1COC=O. The lowest BCUT2D eigenvalue weighted by molar-refractivity contribution is -0.129. The first-order chi connectivity index (χ1) is 6.81.